The van der Waals surface area contributed by atoms with Crippen molar-refractivity contribution in [3.63, 3.8) is 0 Å². The van der Waals surface area contributed by atoms with E-state index < -0.39 is 5.60 Å². The van der Waals surface area contributed by atoms with Gasteiger partial charge in [-0.3, -0.25) is 0 Å². The van der Waals surface area contributed by atoms with Crippen LogP contribution in [-0.2, 0) is 10.3 Å². The summed E-state index contributed by atoms with van der Waals surface area (Å²) in [6.07, 6.45) is -0.311. The van der Waals surface area contributed by atoms with Crippen LogP contribution in [0.1, 0.15) is 12.5 Å². The van der Waals surface area contributed by atoms with Crippen molar-refractivity contribution in [3.05, 3.63) is 28.2 Å². The Bertz CT molecular complexity index is 463. The van der Waals surface area contributed by atoms with E-state index in [2.05, 4.69) is 15.9 Å². The smallest absolute Gasteiger partial charge is 0.410 e. The standard InChI is InChI=1S/C12H14BrNO3/c1-12(7-14(2)11(15)17-12)9-6-8(13)4-5-10(9)16-3/h4-6H,7H2,1-3H3. The van der Waals surface area contributed by atoms with Gasteiger partial charge in [-0.1, -0.05) is 15.9 Å². The number of benzene rings is 1. The molecule has 0 spiro atoms. The number of nitrogens with zero attached hydrogens (tertiary/aromatic N) is 1. The fourth-order valence-corrected chi connectivity index (χ4v) is 2.41. The molecular formula is C12H14BrNO3. The molecule has 1 atom stereocenters. The maximum Gasteiger partial charge on any atom is 0.410 e. The minimum absolute atomic E-state index is 0.311. The lowest BCUT2D eigenvalue weighted by Gasteiger charge is -2.24. The van der Waals surface area contributed by atoms with Gasteiger partial charge in [0.15, 0.2) is 5.60 Å². The number of rotatable bonds is 2. The van der Waals surface area contributed by atoms with Crippen molar-refractivity contribution < 1.29 is 14.3 Å². The third kappa shape index (κ3) is 2.11. The van der Waals surface area contributed by atoms with E-state index in [-0.39, 0.29) is 6.09 Å². The largest absolute Gasteiger partial charge is 0.496 e. The molecule has 17 heavy (non-hydrogen) atoms. The number of cyclic esters (lactones) is 1. The number of ether oxygens (including phenoxy) is 2. The highest BCUT2D eigenvalue weighted by atomic mass is 79.9. The molecule has 0 aromatic heterocycles. The summed E-state index contributed by atoms with van der Waals surface area (Å²) in [7, 11) is 3.33. The third-order valence-corrected chi connectivity index (χ3v) is 3.39. The van der Waals surface area contributed by atoms with Gasteiger partial charge in [-0.05, 0) is 25.1 Å². The maximum absolute atomic E-state index is 11.5. The van der Waals surface area contributed by atoms with Crippen molar-refractivity contribution >= 4 is 22.0 Å². The van der Waals surface area contributed by atoms with E-state index in [0.29, 0.717) is 6.54 Å². The van der Waals surface area contributed by atoms with Crippen LogP contribution in [0, 0.1) is 0 Å². The van der Waals surface area contributed by atoms with Crippen LogP contribution < -0.4 is 4.74 Å². The van der Waals surface area contributed by atoms with Gasteiger partial charge in [0.05, 0.1) is 13.7 Å². The van der Waals surface area contributed by atoms with Crippen molar-refractivity contribution in [1.29, 1.82) is 0 Å². The molecule has 0 aliphatic carbocycles. The van der Waals surface area contributed by atoms with Crippen LogP contribution in [0.5, 0.6) is 5.75 Å². The molecule has 1 aliphatic heterocycles. The van der Waals surface area contributed by atoms with Gasteiger partial charge in [0.1, 0.15) is 5.75 Å². The first kappa shape index (κ1) is 12.2. The fraction of sp³-hybridized carbons (Fsp3) is 0.417. The van der Waals surface area contributed by atoms with Crippen LogP contribution in [0.15, 0.2) is 22.7 Å². The Labute approximate surface area is 109 Å². The molecule has 1 fully saturated rings. The predicted molar refractivity (Wildman–Crippen MR) is 67.2 cm³/mol. The van der Waals surface area contributed by atoms with Gasteiger partial charge in [0.2, 0.25) is 0 Å². The summed E-state index contributed by atoms with van der Waals surface area (Å²) in [6.45, 7) is 2.40. The number of hydrogen-bond donors (Lipinski definition) is 0. The van der Waals surface area contributed by atoms with E-state index in [4.69, 9.17) is 9.47 Å². The first-order valence-electron chi connectivity index (χ1n) is 5.24. The van der Waals surface area contributed by atoms with Gasteiger partial charge in [0, 0.05) is 17.1 Å². The SMILES string of the molecule is COc1ccc(Br)cc1C1(C)CN(C)C(=O)O1. The van der Waals surface area contributed by atoms with E-state index in [1.54, 1.807) is 19.1 Å². The average molecular weight is 300 g/mol. The molecule has 1 amide bonds. The fourth-order valence-electron chi connectivity index (χ4n) is 2.05. The van der Waals surface area contributed by atoms with Crippen molar-refractivity contribution in [1.82, 2.24) is 4.90 Å². The number of hydrogen-bond acceptors (Lipinski definition) is 3. The second kappa shape index (κ2) is 4.22. The molecule has 1 aromatic carbocycles. The molecule has 1 aromatic rings. The molecule has 0 saturated carbocycles. The summed E-state index contributed by atoms with van der Waals surface area (Å²) in [5.74, 6) is 0.721. The Morgan fingerprint density at radius 1 is 1.53 bits per heavy atom. The van der Waals surface area contributed by atoms with Crippen LogP contribution in [0.3, 0.4) is 0 Å². The highest BCUT2D eigenvalue weighted by Crippen LogP contribution is 2.38. The highest BCUT2D eigenvalue weighted by molar-refractivity contribution is 9.10. The van der Waals surface area contributed by atoms with Crippen molar-refractivity contribution in [2.24, 2.45) is 0 Å². The van der Waals surface area contributed by atoms with Crippen LogP contribution in [0.2, 0.25) is 0 Å². The molecule has 0 N–H and O–H groups in total. The number of methoxy groups -OCH3 is 1. The molecule has 1 saturated heterocycles. The lowest BCUT2D eigenvalue weighted by molar-refractivity contribution is 0.0680. The van der Waals surface area contributed by atoms with Gasteiger partial charge < -0.3 is 14.4 Å². The molecule has 0 radical (unpaired) electrons. The monoisotopic (exact) mass is 299 g/mol. The van der Waals surface area contributed by atoms with Crippen LogP contribution in [0.25, 0.3) is 0 Å². The lowest BCUT2D eigenvalue weighted by atomic mass is 9.95. The van der Waals surface area contributed by atoms with E-state index >= 15 is 0 Å². The molecule has 4 nitrogen and oxygen atoms in total. The summed E-state index contributed by atoms with van der Waals surface area (Å²) in [5, 5.41) is 0. The van der Waals surface area contributed by atoms with Gasteiger partial charge in [-0.25, -0.2) is 4.79 Å². The van der Waals surface area contributed by atoms with Gasteiger partial charge >= 0.3 is 6.09 Å². The summed E-state index contributed by atoms with van der Waals surface area (Å²) < 4.78 is 11.7. The predicted octanol–water partition coefficient (Wildman–Crippen LogP) is 2.75. The normalized spacial score (nSPS) is 23.8. The number of halogens is 1. The second-order valence-electron chi connectivity index (χ2n) is 4.30. The Morgan fingerprint density at radius 3 is 2.76 bits per heavy atom. The zero-order chi connectivity index (χ0) is 12.6. The summed E-state index contributed by atoms with van der Waals surface area (Å²) in [5.41, 5.74) is 0.202. The van der Waals surface area contributed by atoms with E-state index in [1.807, 2.05) is 25.1 Å². The topological polar surface area (TPSA) is 38.8 Å². The quantitative estimate of drug-likeness (QED) is 0.843. The Kier molecular flexibility index (Phi) is 3.03. The number of likely N-dealkylation sites (N-methyl/N-ethyl adjacent to an activating group) is 1. The van der Waals surface area contributed by atoms with Crippen LogP contribution >= 0.6 is 15.9 Å². The molecule has 1 heterocycles. The maximum atomic E-state index is 11.5. The first-order chi connectivity index (χ1) is 7.96. The van der Waals surface area contributed by atoms with Crippen LogP contribution in [-0.4, -0.2) is 31.7 Å². The molecule has 92 valence electrons. The van der Waals surface area contributed by atoms with Gasteiger partial charge in [-0.2, -0.15) is 0 Å². The molecule has 0 bridgehead atoms. The minimum atomic E-state index is -0.666. The number of carbonyl (C=O) groups excluding carboxylic acids is 1. The molecule has 2 rings (SSSR count). The Balaban J connectivity index is 2.46. The summed E-state index contributed by atoms with van der Waals surface area (Å²) in [4.78, 5) is 13.1. The van der Waals surface area contributed by atoms with Crippen molar-refractivity contribution in [2.75, 3.05) is 20.7 Å². The molecule has 1 aliphatic rings. The Hall–Kier alpha value is -1.23. The number of amides is 1. The molecular weight excluding hydrogens is 286 g/mol. The van der Waals surface area contributed by atoms with E-state index in [0.717, 1.165) is 15.8 Å². The van der Waals surface area contributed by atoms with Gasteiger partial charge in [-0.15, -0.1) is 0 Å². The molecule has 5 heteroatoms. The number of carbonyl (C=O) groups is 1. The average Bonchev–Trinajstić information content (AvgIpc) is 2.54. The molecule has 1 unspecified atom stereocenters. The zero-order valence-corrected chi connectivity index (χ0v) is 11.6. The van der Waals surface area contributed by atoms with Crippen molar-refractivity contribution in [3.8, 4) is 5.75 Å². The second-order valence-corrected chi connectivity index (χ2v) is 5.22. The van der Waals surface area contributed by atoms with Crippen LogP contribution in [0.4, 0.5) is 4.79 Å². The lowest BCUT2D eigenvalue weighted by Crippen LogP contribution is -2.27. The summed E-state index contributed by atoms with van der Waals surface area (Å²) in [6, 6.07) is 5.67. The Morgan fingerprint density at radius 2 is 2.24 bits per heavy atom. The third-order valence-electron chi connectivity index (χ3n) is 2.89. The van der Waals surface area contributed by atoms with E-state index in [9.17, 15) is 4.79 Å². The van der Waals surface area contributed by atoms with Crippen molar-refractivity contribution in [2.45, 2.75) is 12.5 Å². The van der Waals surface area contributed by atoms with E-state index in [1.165, 1.54) is 0 Å². The summed E-state index contributed by atoms with van der Waals surface area (Å²) >= 11 is 3.42. The highest BCUT2D eigenvalue weighted by Gasteiger charge is 2.42. The zero-order valence-electron chi connectivity index (χ0n) is 9.99. The minimum Gasteiger partial charge on any atom is -0.496 e. The first-order valence-corrected chi connectivity index (χ1v) is 6.04. The van der Waals surface area contributed by atoms with Gasteiger partial charge in [0.25, 0.3) is 0 Å².